The number of benzene rings is 1. The molecule has 1 rings (SSSR count). The molecule has 0 atom stereocenters. The van der Waals surface area contributed by atoms with Crippen molar-refractivity contribution < 1.29 is 18.4 Å². The molecule has 1 aromatic rings. The lowest BCUT2D eigenvalue weighted by atomic mass is 10.2. The smallest absolute Gasteiger partial charge is 0.275 e. The molecular formula is C12H16F2N2O3. The van der Waals surface area contributed by atoms with Crippen LogP contribution >= 0.6 is 0 Å². The van der Waals surface area contributed by atoms with Gasteiger partial charge in [-0.05, 0) is 12.8 Å². The third kappa shape index (κ3) is 4.78. The fraction of sp³-hybridized carbons (Fsp3) is 0.500. The molecule has 0 amide bonds. The summed E-state index contributed by atoms with van der Waals surface area (Å²) < 4.78 is 32.1. The largest absolute Gasteiger partial charge is 0.381 e. The van der Waals surface area contributed by atoms with Crippen molar-refractivity contribution in [3.8, 4) is 0 Å². The molecule has 0 spiro atoms. The van der Waals surface area contributed by atoms with Crippen molar-refractivity contribution >= 4 is 11.4 Å². The van der Waals surface area contributed by atoms with E-state index in [1.807, 2.05) is 6.92 Å². The van der Waals surface area contributed by atoms with Crippen molar-refractivity contribution in [3.05, 3.63) is 33.9 Å². The summed E-state index contributed by atoms with van der Waals surface area (Å²) in [5.74, 6) is -1.94. The highest BCUT2D eigenvalue weighted by Crippen LogP contribution is 2.24. The molecule has 0 fully saturated rings. The monoisotopic (exact) mass is 274 g/mol. The summed E-state index contributed by atoms with van der Waals surface area (Å²) in [5, 5.41) is 13.0. The molecule has 1 aromatic carbocycles. The standard InChI is InChI=1S/C12H16F2N2O3/c1-2-5-19-6-3-4-15-12-10(13)7-9(16(17)18)8-11(12)14/h7-8,15H,2-6H2,1H3. The number of hydrogen-bond donors (Lipinski definition) is 1. The van der Waals surface area contributed by atoms with Crippen LogP contribution in [0.2, 0.25) is 0 Å². The predicted octanol–water partition coefficient (Wildman–Crippen LogP) is 3.10. The number of nitro benzene ring substituents is 1. The first-order chi connectivity index (χ1) is 9.06. The first-order valence-electron chi connectivity index (χ1n) is 6.01. The molecule has 0 bridgehead atoms. The molecule has 0 aliphatic rings. The van der Waals surface area contributed by atoms with Gasteiger partial charge >= 0.3 is 0 Å². The molecule has 0 radical (unpaired) electrons. The number of anilines is 1. The Labute approximate surface area is 109 Å². The number of nitrogens with one attached hydrogen (secondary N) is 1. The van der Waals surface area contributed by atoms with Crippen LogP contribution in [0.1, 0.15) is 19.8 Å². The van der Waals surface area contributed by atoms with Gasteiger partial charge in [-0.25, -0.2) is 8.78 Å². The van der Waals surface area contributed by atoms with Crippen LogP contribution in [-0.4, -0.2) is 24.7 Å². The van der Waals surface area contributed by atoms with Gasteiger partial charge in [0.2, 0.25) is 0 Å². The highest BCUT2D eigenvalue weighted by atomic mass is 19.1. The van der Waals surface area contributed by atoms with Gasteiger partial charge in [-0.2, -0.15) is 0 Å². The van der Waals surface area contributed by atoms with Crippen LogP contribution in [0.3, 0.4) is 0 Å². The Morgan fingerprint density at radius 1 is 1.32 bits per heavy atom. The predicted molar refractivity (Wildman–Crippen MR) is 67.2 cm³/mol. The molecule has 0 unspecified atom stereocenters. The second-order valence-electron chi connectivity index (χ2n) is 3.93. The topological polar surface area (TPSA) is 64.4 Å². The van der Waals surface area contributed by atoms with E-state index in [2.05, 4.69) is 5.32 Å². The Morgan fingerprint density at radius 3 is 2.47 bits per heavy atom. The number of rotatable bonds is 8. The third-order valence-electron chi connectivity index (χ3n) is 2.35. The van der Waals surface area contributed by atoms with Crippen molar-refractivity contribution in [3.63, 3.8) is 0 Å². The zero-order valence-electron chi connectivity index (χ0n) is 10.6. The number of halogens is 2. The van der Waals surface area contributed by atoms with E-state index in [1.165, 1.54) is 0 Å². The molecule has 7 heteroatoms. The Balaban J connectivity index is 2.52. The number of hydrogen-bond acceptors (Lipinski definition) is 4. The molecule has 5 nitrogen and oxygen atoms in total. The zero-order chi connectivity index (χ0) is 14.3. The van der Waals surface area contributed by atoms with Crippen LogP contribution in [0.25, 0.3) is 0 Å². The van der Waals surface area contributed by atoms with Gasteiger partial charge in [-0.15, -0.1) is 0 Å². The molecule has 0 aromatic heterocycles. The van der Waals surface area contributed by atoms with Crippen LogP contribution in [0.4, 0.5) is 20.2 Å². The highest BCUT2D eigenvalue weighted by molar-refractivity contribution is 5.51. The minimum absolute atomic E-state index is 0.329. The van der Waals surface area contributed by atoms with Crippen LogP contribution in [-0.2, 0) is 4.74 Å². The lowest BCUT2D eigenvalue weighted by molar-refractivity contribution is -0.385. The van der Waals surface area contributed by atoms with Gasteiger partial charge in [0.15, 0.2) is 11.6 Å². The maximum absolute atomic E-state index is 13.5. The van der Waals surface area contributed by atoms with E-state index in [-0.39, 0.29) is 5.69 Å². The molecule has 0 heterocycles. The number of ether oxygens (including phenoxy) is 1. The molecular weight excluding hydrogens is 258 g/mol. The molecule has 19 heavy (non-hydrogen) atoms. The maximum atomic E-state index is 13.5. The van der Waals surface area contributed by atoms with Gasteiger partial charge in [0, 0.05) is 19.8 Å². The summed E-state index contributed by atoms with van der Waals surface area (Å²) in [6.07, 6.45) is 1.51. The number of nitro groups is 1. The van der Waals surface area contributed by atoms with E-state index in [1.54, 1.807) is 0 Å². The van der Waals surface area contributed by atoms with Crippen molar-refractivity contribution in [1.82, 2.24) is 0 Å². The van der Waals surface area contributed by atoms with Gasteiger partial charge in [0.25, 0.3) is 5.69 Å². The summed E-state index contributed by atoms with van der Waals surface area (Å²) in [6.45, 7) is 3.46. The van der Waals surface area contributed by atoms with Gasteiger partial charge in [-0.1, -0.05) is 6.92 Å². The lowest BCUT2D eigenvalue weighted by Crippen LogP contribution is -2.09. The molecule has 0 saturated carbocycles. The van der Waals surface area contributed by atoms with Gasteiger partial charge in [0.1, 0.15) is 5.69 Å². The second-order valence-corrected chi connectivity index (χ2v) is 3.93. The van der Waals surface area contributed by atoms with E-state index in [0.29, 0.717) is 38.3 Å². The van der Waals surface area contributed by atoms with Gasteiger partial charge < -0.3 is 10.1 Å². The normalized spacial score (nSPS) is 10.5. The van der Waals surface area contributed by atoms with Gasteiger partial charge in [0.05, 0.1) is 17.1 Å². The van der Waals surface area contributed by atoms with Gasteiger partial charge in [-0.3, -0.25) is 10.1 Å². The molecule has 1 N–H and O–H groups in total. The Hall–Kier alpha value is -1.76. The summed E-state index contributed by atoms with van der Waals surface area (Å²) in [4.78, 5) is 9.57. The SMILES string of the molecule is CCCOCCCNc1c(F)cc([N+](=O)[O-])cc1F. The average molecular weight is 274 g/mol. The quantitative estimate of drug-likeness (QED) is 0.449. The average Bonchev–Trinajstić information content (AvgIpc) is 2.35. The Bertz CT molecular complexity index is 418. The lowest BCUT2D eigenvalue weighted by Gasteiger charge is -2.08. The molecule has 0 saturated heterocycles. The van der Waals surface area contributed by atoms with E-state index in [4.69, 9.17) is 4.74 Å². The molecule has 0 aliphatic heterocycles. The number of nitrogens with zero attached hydrogens (tertiary/aromatic N) is 1. The molecule has 106 valence electrons. The third-order valence-corrected chi connectivity index (χ3v) is 2.35. The van der Waals surface area contributed by atoms with Crippen molar-refractivity contribution in [2.45, 2.75) is 19.8 Å². The van der Waals surface area contributed by atoms with Crippen LogP contribution in [0, 0.1) is 21.7 Å². The van der Waals surface area contributed by atoms with Crippen LogP contribution in [0.15, 0.2) is 12.1 Å². The second kappa shape index (κ2) is 7.63. The van der Waals surface area contributed by atoms with Crippen molar-refractivity contribution in [2.75, 3.05) is 25.1 Å². The minimum Gasteiger partial charge on any atom is -0.381 e. The first-order valence-corrected chi connectivity index (χ1v) is 6.01. The van der Waals surface area contributed by atoms with E-state index in [9.17, 15) is 18.9 Å². The summed E-state index contributed by atoms with van der Waals surface area (Å²) in [6, 6.07) is 1.39. The fourth-order valence-corrected chi connectivity index (χ4v) is 1.47. The zero-order valence-corrected chi connectivity index (χ0v) is 10.6. The summed E-state index contributed by atoms with van der Waals surface area (Å²) >= 11 is 0. The number of non-ortho nitro benzene ring substituents is 1. The Kier molecular flexibility index (Phi) is 6.14. The summed E-state index contributed by atoms with van der Waals surface area (Å²) in [7, 11) is 0. The van der Waals surface area contributed by atoms with E-state index in [0.717, 1.165) is 6.42 Å². The molecule has 0 aliphatic carbocycles. The van der Waals surface area contributed by atoms with Crippen molar-refractivity contribution in [1.29, 1.82) is 0 Å². The first kappa shape index (κ1) is 15.3. The summed E-state index contributed by atoms with van der Waals surface area (Å²) in [5.41, 5.74) is -0.951. The van der Waals surface area contributed by atoms with E-state index < -0.39 is 22.2 Å². The fourth-order valence-electron chi connectivity index (χ4n) is 1.47. The van der Waals surface area contributed by atoms with Crippen LogP contribution in [0.5, 0.6) is 0 Å². The Morgan fingerprint density at radius 2 is 1.95 bits per heavy atom. The van der Waals surface area contributed by atoms with E-state index >= 15 is 0 Å². The maximum Gasteiger partial charge on any atom is 0.275 e. The minimum atomic E-state index is -0.971. The van der Waals surface area contributed by atoms with Crippen LogP contribution < -0.4 is 5.32 Å². The highest BCUT2D eigenvalue weighted by Gasteiger charge is 2.16. The van der Waals surface area contributed by atoms with Crippen molar-refractivity contribution in [2.24, 2.45) is 0 Å².